The van der Waals surface area contributed by atoms with Crippen LogP contribution in [0.4, 0.5) is 11.4 Å². The minimum absolute atomic E-state index is 0.155. The van der Waals surface area contributed by atoms with E-state index in [4.69, 9.17) is 28.9 Å². The molecule has 0 fully saturated rings. The quantitative estimate of drug-likeness (QED) is 0.842. The Bertz CT molecular complexity index is 663. The number of anilines is 2. The van der Waals surface area contributed by atoms with Gasteiger partial charge in [-0.15, -0.1) is 0 Å². The number of nitrogens with two attached hydrogens (primary N) is 1. The zero-order chi connectivity index (χ0) is 15.6. The summed E-state index contributed by atoms with van der Waals surface area (Å²) in [5, 5.41) is 0.549. The largest absolute Gasteiger partial charge is 0.397 e. The Kier molecular flexibility index (Phi) is 4.76. The van der Waals surface area contributed by atoms with Crippen molar-refractivity contribution in [3.05, 3.63) is 57.6 Å². The van der Waals surface area contributed by atoms with Crippen molar-refractivity contribution in [3.8, 4) is 0 Å². The molecule has 0 aliphatic carbocycles. The molecule has 5 heteroatoms. The molecule has 2 N–H and O–H groups in total. The number of para-hydroxylation sites is 1. The fourth-order valence-corrected chi connectivity index (χ4v) is 2.52. The summed E-state index contributed by atoms with van der Waals surface area (Å²) in [7, 11) is 0. The van der Waals surface area contributed by atoms with Crippen molar-refractivity contribution in [1.82, 2.24) is 0 Å². The Hall–Kier alpha value is -1.71. The second-order valence-electron chi connectivity index (χ2n) is 4.70. The lowest BCUT2D eigenvalue weighted by Gasteiger charge is -2.23. The number of halogens is 2. The van der Waals surface area contributed by atoms with Gasteiger partial charge in [-0.1, -0.05) is 41.4 Å². The van der Waals surface area contributed by atoms with Gasteiger partial charge in [0, 0.05) is 17.8 Å². The van der Waals surface area contributed by atoms with Crippen molar-refractivity contribution in [2.75, 3.05) is 17.2 Å². The summed E-state index contributed by atoms with van der Waals surface area (Å²) in [5.41, 5.74) is 8.40. The maximum Gasteiger partial charge on any atom is 0.258 e. The van der Waals surface area contributed by atoms with E-state index in [1.807, 2.05) is 38.1 Å². The fraction of sp³-hybridized carbons (Fsp3) is 0.188. The smallest absolute Gasteiger partial charge is 0.258 e. The van der Waals surface area contributed by atoms with Crippen LogP contribution in [0, 0.1) is 6.92 Å². The highest BCUT2D eigenvalue weighted by Gasteiger charge is 2.19. The zero-order valence-electron chi connectivity index (χ0n) is 11.9. The maximum atomic E-state index is 12.7. The molecule has 0 aliphatic rings. The van der Waals surface area contributed by atoms with Gasteiger partial charge in [-0.2, -0.15) is 0 Å². The maximum absolute atomic E-state index is 12.7. The third-order valence-corrected chi connectivity index (χ3v) is 4.09. The van der Waals surface area contributed by atoms with Crippen LogP contribution in [0.25, 0.3) is 0 Å². The molecule has 2 aromatic carbocycles. The fourth-order valence-electron chi connectivity index (χ4n) is 2.18. The van der Waals surface area contributed by atoms with E-state index in [-0.39, 0.29) is 16.0 Å². The van der Waals surface area contributed by atoms with E-state index in [2.05, 4.69) is 0 Å². The summed E-state index contributed by atoms with van der Waals surface area (Å²) in [4.78, 5) is 14.4. The molecule has 0 saturated heterocycles. The number of nitrogen functional groups attached to an aromatic ring is 1. The number of carbonyl (C=O) groups is 1. The van der Waals surface area contributed by atoms with Gasteiger partial charge in [0.15, 0.2) is 0 Å². The number of hydrogen-bond acceptors (Lipinski definition) is 2. The Morgan fingerprint density at radius 3 is 2.48 bits per heavy atom. The Labute approximate surface area is 134 Å². The van der Waals surface area contributed by atoms with Crippen LogP contribution in [0.5, 0.6) is 0 Å². The van der Waals surface area contributed by atoms with E-state index in [9.17, 15) is 4.79 Å². The van der Waals surface area contributed by atoms with E-state index in [1.54, 1.807) is 17.0 Å². The van der Waals surface area contributed by atoms with Crippen LogP contribution >= 0.6 is 23.2 Å². The van der Waals surface area contributed by atoms with Crippen molar-refractivity contribution in [2.45, 2.75) is 13.8 Å². The predicted molar refractivity (Wildman–Crippen MR) is 89.4 cm³/mol. The molecule has 0 aliphatic heterocycles. The van der Waals surface area contributed by atoms with Crippen molar-refractivity contribution >= 4 is 40.5 Å². The first-order valence-corrected chi connectivity index (χ1v) is 7.33. The van der Waals surface area contributed by atoms with Crippen LogP contribution in [-0.4, -0.2) is 12.5 Å². The van der Waals surface area contributed by atoms with Crippen molar-refractivity contribution in [3.63, 3.8) is 0 Å². The molecule has 2 rings (SSSR count). The van der Waals surface area contributed by atoms with Crippen LogP contribution in [0.2, 0.25) is 10.0 Å². The van der Waals surface area contributed by atoms with E-state index >= 15 is 0 Å². The average molecular weight is 323 g/mol. The lowest BCUT2D eigenvalue weighted by atomic mass is 10.1. The third kappa shape index (κ3) is 3.14. The first-order valence-electron chi connectivity index (χ1n) is 6.57. The summed E-state index contributed by atoms with van der Waals surface area (Å²) in [6.07, 6.45) is 0. The van der Waals surface area contributed by atoms with Gasteiger partial charge in [-0.05, 0) is 37.6 Å². The molecule has 0 spiro atoms. The van der Waals surface area contributed by atoms with E-state index in [0.717, 1.165) is 11.3 Å². The predicted octanol–water partition coefficient (Wildman–Crippen LogP) is 4.55. The van der Waals surface area contributed by atoms with Gasteiger partial charge >= 0.3 is 0 Å². The van der Waals surface area contributed by atoms with Crippen molar-refractivity contribution in [2.24, 2.45) is 0 Å². The molecular formula is C16H16Cl2N2O. The molecule has 0 bridgehead atoms. The molecule has 0 radical (unpaired) electrons. The van der Waals surface area contributed by atoms with Crippen LogP contribution < -0.4 is 10.6 Å². The van der Waals surface area contributed by atoms with Gasteiger partial charge in [0.25, 0.3) is 5.91 Å². The van der Waals surface area contributed by atoms with Gasteiger partial charge in [0.05, 0.1) is 15.7 Å². The zero-order valence-corrected chi connectivity index (χ0v) is 13.4. The summed E-state index contributed by atoms with van der Waals surface area (Å²) in [6, 6.07) is 10.8. The molecular weight excluding hydrogens is 307 g/mol. The molecule has 0 aromatic heterocycles. The molecule has 110 valence electrons. The van der Waals surface area contributed by atoms with Gasteiger partial charge in [-0.25, -0.2) is 0 Å². The molecule has 0 saturated carbocycles. The lowest BCUT2D eigenvalue weighted by Crippen LogP contribution is -2.31. The molecule has 2 aromatic rings. The van der Waals surface area contributed by atoms with Crippen molar-refractivity contribution < 1.29 is 4.79 Å². The number of rotatable bonds is 3. The van der Waals surface area contributed by atoms with Crippen LogP contribution in [0.3, 0.4) is 0 Å². The number of nitrogens with zero attached hydrogens (tertiary/aromatic N) is 1. The molecule has 0 heterocycles. The lowest BCUT2D eigenvalue weighted by molar-refractivity contribution is 0.0988. The minimum atomic E-state index is -0.155. The monoisotopic (exact) mass is 322 g/mol. The number of aryl methyl sites for hydroxylation is 1. The van der Waals surface area contributed by atoms with Gasteiger partial charge < -0.3 is 10.6 Å². The molecule has 21 heavy (non-hydrogen) atoms. The molecule has 1 amide bonds. The Morgan fingerprint density at radius 2 is 1.90 bits per heavy atom. The SMILES string of the molecule is CCN(C(=O)c1cc(N)c(Cl)c(Cl)c1)c1ccccc1C. The molecule has 0 atom stereocenters. The highest BCUT2D eigenvalue weighted by molar-refractivity contribution is 6.44. The van der Waals surface area contributed by atoms with Gasteiger partial charge in [0.2, 0.25) is 0 Å². The average Bonchev–Trinajstić information content (AvgIpc) is 2.46. The third-order valence-electron chi connectivity index (χ3n) is 3.27. The highest BCUT2D eigenvalue weighted by Crippen LogP contribution is 2.31. The number of hydrogen-bond donors (Lipinski definition) is 1. The van der Waals surface area contributed by atoms with E-state index in [1.165, 1.54) is 0 Å². The van der Waals surface area contributed by atoms with Crippen LogP contribution in [-0.2, 0) is 0 Å². The van der Waals surface area contributed by atoms with Crippen LogP contribution in [0.15, 0.2) is 36.4 Å². The molecule has 3 nitrogen and oxygen atoms in total. The van der Waals surface area contributed by atoms with Crippen LogP contribution in [0.1, 0.15) is 22.8 Å². The number of benzene rings is 2. The summed E-state index contributed by atoms with van der Waals surface area (Å²) < 4.78 is 0. The Balaban J connectivity index is 2.44. The first kappa shape index (κ1) is 15.7. The summed E-state index contributed by atoms with van der Waals surface area (Å²) in [5.74, 6) is -0.155. The standard InChI is InChI=1S/C16H16Cl2N2O/c1-3-20(14-7-5-4-6-10(14)2)16(21)11-8-12(17)15(18)13(19)9-11/h4-9H,3,19H2,1-2H3. The molecule has 0 unspecified atom stereocenters. The second-order valence-corrected chi connectivity index (χ2v) is 5.48. The van der Waals surface area contributed by atoms with Crippen molar-refractivity contribution in [1.29, 1.82) is 0 Å². The highest BCUT2D eigenvalue weighted by atomic mass is 35.5. The van der Waals surface area contributed by atoms with E-state index < -0.39 is 0 Å². The minimum Gasteiger partial charge on any atom is -0.397 e. The number of carbonyl (C=O) groups excluding carboxylic acids is 1. The Morgan fingerprint density at radius 1 is 1.24 bits per heavy atom. The topological polar surface area (TPSA) is 46.3 Å². The van der Waals surface area contributed by atoms with Gasteiger partial charge in [-0.3, -0.25) is 4.79 Å². The summed E-state index contributed by atoms with van der Waals surface area (Å²) in [6.45, 7) is 4.43. The van der Waals surface area contributed by atoms with E-state index in [0.29, 0.717) is 17.8 Å². The second kappa shape index (κ2) is 6.37. The summed E-state index contributed by atoms with van der Waals surface area (Å²) >= 11 is 11.9. The normalized spacial score (nSPS) is 10.5. The first-order chi connectivity index (χ1) is 9.95. The van der Waals surface area contributed by atoms with Gasteiger partial charge in [0.1, 0.15) is 0 Å². The number of amides is 1.